The molecule has 1 aliphatic rings. The van der Waals surface area contributed by atoms with Gasteiger partial charge in [-0.3, -0.25) is 4.79 Å². The maximum atomic E-state index is 10.8. The van der Waals surface area contributed by atoms with Crippen molar-refractivity contribution >= 4 is 5.91 Å². The Kier molecular flexibility index (Phi) is 3.76. The van der Waals surface area contributed by atoms with Gasteiger partial charge in [0.1, 0.15) is 0 Å². The lowest BCUT2D eigenvalue weighted by molar-refractivity contribution is -0.119. The Hall–Kier alpha value is -0.530. The molecule has 13 heavy (non-hydrogen) atoms. The summed E-state index contributed by atoms with van der Waals surface area (Å²) in [6, 6.07) is 0.451. The van der Waals surface area contributed by atoms with Crippen molar-refractivity contribution in [3.05, 3.63) is 0 Å². The van der Waals surface area contributed by atoms with Gasteiger partial charge in [0, 0.05) is 13.0 Å². The van der Waals surface area contributed by atoms with E-state index in [9.17, 15) is 4.79 Å². The molecule has 0 radical (unpaired) electrons. The van der Waals surface area contributed by atoms with Crippen LogP contribution in [0.15, 0.2) is 0 Å². The van der Waals surface area contributed by atoms with Crippen LogP contribution in [0.25, 0.3) is 0 Å². The molecule has 1 aliphatic carbocycles. The first-order chi connectivity index (χ1) is 6.09. The minimum Gasteiger partial charge on any atom is -0.354 e. The minimum atomic E-state index is 0.119. The van der Waals surface area contributed by atoms with Crippen LogP contribution in [0.2, 0.25) is 0 Å². The number of hydrogen-bond acceptors (Lipinski definition) is 1. The van der Waals surface area contributed by atoms with E-state index in [1.54, 1.807) is 6.92 Å². The third-order valence-corrected chi connectivity index (χ3v) is 3.12. The smallest absolute Gasteiger partial charge is 0.217 e. The maximum Gasteiger partial charge on any atom is 0.217 e. The average Bonchev–Trinajstić information content (AvgIpc) is 2.04. The molecule has 0 saturated heterocycles. The Morgan fingerprint density at radius 3 is 2.15 bits per heavy atom. The van der Waals surface area contributed by atoms with E-state index in [1.165, 1.54) is 25.7 Å². The van der Waals surface area contributed by atoms with Gasteiger partial charge in [-0.1, -0.05) is 13.8 Å². The second kappa shape index (κ2) is 4.64. The summed E-state index contributed by atoms with van der Waals surface area (Å²) in [6.07, 6.45) is 4.90. The van der Waals surface area contributed by atoms with Crippen LogP contribution in [-0.2, 0) is 4.79 Å². The van der Waals surface area contributed by atoms with E-state index in [2.05, 4.69) is 19.2 Å². The molecule has 0 spiro atoms. The summed E-state index contributed by atoms with van der Waals surface area (Å²) in [7, 11) is 0. The Labute approximate surface area is 81.1 Å². The van der Waals surface area contributed by atoms with Gasteiger partial charge in [0.25, 0.3) is 0 Å². The molecule has 0 aliphatic heterocycles. The van der Waals surface area contributed by atoms with Crippen LogP contribution in [0.3, 0.4) is 0 Å². The zero-order chi connectivity index (χ0) is 9.84. The van der Waals surface area contributed by atoms with Crippen molar-refractivity contribution in [3.63, 3.8) is 0 Å². The van der Waals surface area contributed by atoms with Crippen molar-refractivity contribution in [3.8, 4) is 0 Å². The third kappa shape index (κ3) is 3.37. The number of carbonyl (C=O) groups excluding carboxylic acids is 1. The molecular formula is C11H21NO. The molecule has 1 saturated carbocycles. The topological polar surface area (TPSA) is 29.1 Å². The molecule has 2 nitrogen and oxygen atoms in total. The zero-order valence-electron chi connectivity index (χ0n) is 8.97. The highest BCUT2D eigenvalue weighted by atomic mass is 16.1. The van der Waals surface area contributed by atoms with Crippen LogP contribution in [0.4, 0.5) is 0 Å². The van der Waals surface area contributed by atoms with Gasteiger partial charge in [0.15, 0.2) is 0 Å². The lowest BCUT2D eigenvalue weighted by Crippen LogP contribution is -2.36. The summed E-state index contributed by atoms with van der Waals surface area (Å²) >= 11 is 0. The molecule has 0 heterocycles. The van der Waals surface area contributed by atoms with E-state index >= 15 is 0 Å². The summed E-state index contributed by atoms with van der Waals surface area (Å²) in [6.45, 7) is 6.20. The molecule has 0 aromatic heterocycles. The van der Waals surface area contributed by atoms with E-state index in [-0.39, 0.29) is 5.91 Å². The molecule has 0 aromatic carbocycles. The summed E-state index contributed by atoms with van der Waals surface area (Å²) in [5, 5.41) is 3.00. The molecule has 0 aromatic rings. The molecule has 1 fully saturated rings. The van der Waals surface area contributed by atoms with Crippen molar-refractivity contribution in [2.75, 3.05) is 0 Å². The molecule has 0 bridgehead atoms. The monoisotopic (exact) mass is 183 g/mol. The Bertz CT molecular complexity index is 169. The van der Waals surface area contributed by atoms with E-state index in [4.69, 9.17) is 0 Å². The van der Waals surface area contributed by atoms with Gasteiger partial charge >= 0.3 is 0 Å². The van der Waals surface area contributed by atoms with Gasteiger partial charge < -0.3 is 5.32 Å². The van der Waals surface area contributed by atoms with E-state index < -0.39 is 0 Å². The lowest BCUT2D eigenvalue weighted by atomic mass is 9.80. The molecule has 0 unspecified atom stereocenters. The fourth-order valence-electron chi connectivity index (χ4n) is 2.22. The summed E-state index contributed by atoms with van der Waals surface area (Å²) in [5.41, 5.74) is 0. The molecule has 76 valence electrons. The van der Waals surface area contributed by atoms with Gasteiger partial charge in [-0.25, -0.2) is 0 Å². The Morgan fingerprint density at radius 1 is 1.23 bits per heavy atom. The first-order valence-corrected chi connectivity index (χ1v) is 5.36. The van der Waals surface area contributed by atoms with Crippen LogP contribution < -0.4 is 5.32 Å². The number of amides is 1. The SMILES string of the molecule is CC(=O)N[C@H]1CC[C@@H](C(C)C)CC1. The highest BCUT2D eigenvalue weighted by Crippen LogP contribution is 2.29. The maximum absolute atomic E-state index is 10.8. The lowest BCUT2D eigenvalue weighted by Gasteiger charge is -2.31. The van der Waals surface area contributed by atoms with Crippen molar-refractivity contribution in [1.29, 1.82) is 0 Å². The van der Waals surface area contributed by atoms with Crippen LogP contribution in [-0.4, -0.2) is 11.9 Å². The van der Waals surface area contributed by atoms with Crippen molar-refractivity contribution in [2.24, 2.45) is 11.8 Å². The number of hydrogen-bond donors (Lipinski definition) is 1. The van der Waals surface area contributed by atoms with Crippen LogP contribution in [0.5, 0.6) is 0 Å². The Morgan fingerprint density at radius 2 is 1.77 bits per heavy atom. The standard InChI is InChI=1S/C11H21NO/c1-8(2)10-4-6-11(7-5-10)12-9(3)13/h8,10-11H,4-7H2,1-3H3,(H,12,13)/t10-,11+. The van der Waals surface area contributed by atoms with Crippen LogP contribution >= 0.6 is 0 Å². The van der Waals surface area contributed by atoms with Crippen molar-refractivity contribution in [1.82, 2.24) is 5.32 Å². The first kappa shape index (κ1) is 10.6. The van der Waals surface area contributed by atoms with Gasteiger partial charge in [0.2, 0.25) is 5.91 Å². The molecule has 0 atom stereocenters. The molecule has 1 rings (SSSR count). The van der Waals surface area contributed by atoms with E-state index in [0.29, 0.717) is 6.04 Å². The van der Waals surface area contributed by atoms with Crippen LogP contribution in [0.1, 0.15) is 46.5 Å². The fourth-order valence-corrected chi connectivity index (χ4v) is 2.22. The van der Waals surface area contributed by atoms with Gasteiger partial charge in [-0.05, 0) is 37.5 Å². The van der Waals surface area contributed by atoms with Crippen molar-refractivity contribution < 1.29 is 4.79 Å². The number of rotatable bonds is 2. The molecular weight excluding hydrogens is 162 g/mol. The fraction of sp³-hybridized carbons (Fsp3) is 0.909. The van der Waals surface area contributed by atoms with Gasteiger partial charge in [-0.15, -0.1) is 0 Å². The summed E-state index contributed by atoms with van der Waals surface area (Å²) < 4.78 is 0. The molecule has 1 amide bonds. The first-order valence-electron chi connectivity index (χ1n) is 5.36. The van der Waals surface area contributed by atoms with E-state index in [1.807, 2.05) is 0 Å². The van der Waals surface area contributed by atoms with Crippen LogP contribution in [0, 0.1) is 11.8 Å². The zero-order valence-corrected chi connectivity index (χ0v) is 8.97. The highest BCUT2D eigenvalue weighted by molar-refractivity contribution is 5.73. The predicted molar refractivity (Wildman–Crippen MR) is 54.4 cm³/mol. The highest BCUT2D eigenvalue weighted by Gasteiger charge is 2.23. The third-order valence-electron chi connectivity index (χ3n) is 3.12. The van der Waals surface area contributed by atoms with Gasteiger partial charge in [-0.2, -0.15) is 0 Å². The second-order valence-electron chi connectivity index (χ2n) is 4.56. The second-order valence-corrected chi connectivity index (χ2v) is 4.56. The summed E-state index contributed by atoms with van der Waals surface area (Å²) in [4.78, 5) is 10.8. The average molecular weight is 183 g/mol. The van der Waals surface area contributed by atoms with Crippen molar-refractivity contribution in [2.45, 2.75) is 52.5 Å². The predicted octanol–water partition coefficient (Wildman–Crippen LogP) is 2.34. The number of carbonyl (C=O) groups is 1. The summed E-state index contributed by atoms with van der Waals surface area (Å²) in [5.74, 6) is 1.80. The quantitative estimate of drug-likeness (QED) is 0.699. The molecule has 2 heteroatoms. The Balaban J connectivity index is 2.26. The largest absolute Gasteiger partial charge is 0.354 e. The molecule has 1 N–H and O–H groups in total. The van der Waals surface area contributed by atoms with Gasteiger partial charge in [0.05, 0.1) is 0 Å². The normalized spacial score (nSPS) is 28.9. The minimum absolute atomic E-state index is 0.119. The number of nitrogens with one attached hydrogen (secondary N) is 1. The van der Waals surface area contributed by atoms with E-state index in [0.717, 1.165) is 11.8 Å².